The number of esters is 1. The van der Waals surface area contributed by atoms with Gasteiger partial charge in [-0.05, 0) is 18.2 Å². The van der Waals surface area contributed by atoms with Gasteiger partial charge in [-0.3, -0.25) is 4.68 Å². The highest BCUT2D eigenvalue weighted by atomic mass is 19.4. The van der Waals surface area contributed by atoms with Crippen molar-refractivity contribution in [3.05, 3.63) is 41.3 Å². The fraction of sp³-hybridized carbons (Fsp3) is 0.231. The summed E-state index contributed by atoms with van der Waals surface area (Å²) < 4.78 is 58.6. The Morgan fingerprint density at radius 1 is 1.33 bits per heavy atom. The van der Waals surface area contributed by atoms with Gasteiger partial charge in [-0.2, -0.15) is 18.3 Å². The molecule has 0 bridgehead atoms. The smallest absolute Gasteiger partial charge is 0.417 e. The molecule has 0 saturated heterocycles. The van der Waals surface area contributed by atoms with Gasteiger partial charge in [-0.25, -0.2) is 9.18 Å². The summed E-state index contributed by atoms with van der Waals surface area (Å²) in [6, 6.07) is 2.98. The molecule has 0 atom stereocenters. The van der Waals surface area contributed by atoms with Crippen LogP contribution in [0.15, 0.2) is 24.4 Å². The summed E-state index contributed by atoms with van der Waals surface area (Å²) in [6.45, 7) is 0. The quantitative estimate of drug-likeness (QED) is 0.632. The molecule has 2 aromatic rings. The molecule has 0 saturated carbocycles. The average molecular weight is 302 g/mol. The summed E-state index contributed by atoms with van der Waals surface area (Å²) in [5, 5.41) is 3.81. The molecule has 0 aliphatic rings. The average Bonchev–Trinajstić information content (AvgIpc) is 2.82. The molecule has 8 heteroatoms. The Balaban J connectivity index is 2.72. The minimum absolute atomic E-state index is 0.0347. The molecule has 0 unspecified atom stereocenters. The number of rotatable bonds is 2. The van der Waals surface area contributed by atoms with E-state index in [0.29, 0.717) is 6.07 Å². The Kier molecular flexibility index (Phi) is 3.71. The molecule has 0 aliphatic carbocycles. The molecule has 1 heterocycles. The van der Waals surface area contributed by atoms with Crippen LogP contribution in [0.5, 0.6) is 0 Å². The fourth-order valence-corrected chi connectivity index (χ4v) is 1.94. The van der Waals surface area contributed by atoms with E-state index in [-0.39, 0.29) is 11.3 Å². The number of hydrogen-bond donors (Lipinski definition) is 0. The van der Waals surface area contributed by atoms with Gasteiger partial charge in [-0.1, -0.05) is 0 Å². The highest BCUT2D eigenvalue weighted by Gasteiger charge is 2.38. The van der Waals surface area contributed by atoms with E-state index >= 15 is 0 Å². The van der Waals surface area contributed by atoms with Gasteiger partial charge in [-0.15, -0.1) is 0 Å². The first-order valence-corrected chi connectivity index (χ1v) is 5.73. The number of alkyl halides is 3. The van der Waals surface area contributed by atoms with Crippen LogP contribution in [0.3, 0.4) is 0 Å². The maximum atomic E-state index is 14.0. The second-order valence-electron chi connectivity index (χ2n) is 4.21. The first-order valence-electron chi connectivity index (χ1n) is 5.73. The Hall–Kier alpha value is -2.38. The number of nitrogens with zero attached hydrogens (tertiary/aromatic N) is 2. The van der Waals surface area contributed by atoms with Crippen molar-refractivity contribution in [1.82, 2.24) is 9.78 Å². The first-order chi connectivity index (χ1) is 9.75. The molecule has 1 aromatic carbocycles. The molecule has 0 radical (unpaired) electrons. The fourth-order valence-electron chi connectivity index (χ4n) is 1.94. The molecule has 0 aliphatic heterocycles. The van der Waals surface area contributed by atoms with Gasteiger partial charge >= 0.3 is 12.1 Å². The standard InChI is InChI=1S/C13H10F4N2O2/c1-19-10(3-4-18-19)7-5-8(13(15,16)17)11(9(14)6-7)12(20)21-2/h3-6H,1-2H3. The molecular weight excluding hydrogens is 292 g/mol. The number of aryl methyl sites for hydroxylation is 1. The first kappa shape index (κ1) is 15.0. The van der Waals surface area contributed by atoms with Gasteiger partial charge in [0.25, 0.3) is 0 Å². The predicted octanol–water partition coefficient (Wildman–Crippen LogP) is 3.03. The predicted molar refractivity (Wildman–Crippen MR) is 64.9 cm³/mol. The van der Waals surface area contributed by atoms with E-state index in [9.17, 15) is 22.4 Å². The third-order valence-corrected chi connectivity index (χ3v) is 2.90. The van der Waals surface area contributed by atoms with Crippen molar-refractivity contribution < 1.29 is 27.1 Å². The third kappa shape index (κ3) is 2.74. The van der Waals surface area contributed by atoms with Crippen molar-refractivity contribution in [3.63, 3.8) is 0 Å². The van der Waals surface area contributed by atoms with E-state index in [1.807, 2.05) is 0 Å². The Morgan fingerprint density at radius 2 is 2.00 bits per heavy atom. The largest absolute Gasteiger partial charge is 0.465 e. The van der Waals surface area contributed by atoms with Crippen molar-refractivity contribution in [2.45, 2.75) is 6.18 Å². The minimum atomic E-state index is -4.89. The number of aromatic nitrogens is 2. The summed E-state index contributed by atoms with van der Waals surface area (Å²) in [4.78, 5) is 11.4. The monoisotopic (exact) mass is 302 g/mol. The molecule has 0 fully saturated rings. The van der Waals surface area contributed by atoms with Gasteiger partial charge < -0.3 is 4.74 Å². The van der Waals surface area contributed by atoms with Crippen LogP contribution >= 0.6 is 0 Å². The Bertz CT molecular complexity index is 692. The molecule has 112 valence electrons. The molecule has 0 spiro atoms. The van der Waals surface area contributed by atoms with E-state index in [0.717, 1.165) is 13.2 Å². The Labute approximate surface area is 116 Å². The number of benzene rings is 1. The van der Waals surface area contributed by atoms with Crippen LogP contribution in [-0.4, -0.2) is 22.9 Å². The number of halogens is 4. The number of carbonyl (C=O) groups excluding carboxylic acids is 1. The molecular formula is C13H10F4N2O2. The molecule has 0 amide bonds. The van der Waals surface area contributed by atoms with Gasteiger partial charge in [0.2, 0.25) is 0 Å². The second-order valence-corrected chi connectivity index (χ2v) is 4.21. The molecule has 2 rings (SSSR count). The summed E-state index contributed by atoms with van der Waals surface area (Å²) in [6.07, 6.45) is -3.52. The number of hydrogen-bond acceptors (Lipinski definition) is 3. The van der Waals surface area contributed by atoms with Crippen molar-refractivity contribution in [1.29, 1.82) is 0 Å². The summed E-state index contributed by atoms with van der Waals surface area (Å²) in [5.74, 6) is -2.68. The van der Waals surface area contributed by atoms with Crippen LogP contribution in [0.1, 0.15) is 15.9 Å². The SMILES string of the molecule is COC(=O)c1c(F)cc(-c2ccnn2C)cc1C(F)(F)F. The topological polar surface area (TPSA) is 44.1 Å². The summed E-state index contributed by atoms with van der Waals surface area (Å²) in [5.41, 5.74) is -2.26. The molecule has 1 aromatic heterocycles. The van der Waals surface area contributed by atoms with Gasteiger partial charge in [0, 0.05) is 18.8 Å². The lowest BCUT2D eigenvalue weighted by molar-refractivity contribution is -0.138. The van der Waals surface area contributed by atoms with Crippen LogP contribution in [-0.2, 0) is 18.0 Å². The summed E-state index contributed by atoms with van der Waals surface area (Å²) in [7, 11) is 2.39. The maximum Gasteiger partial charge on any atom is 0.417 e. The van der Waals surface area contributed by atoms with Crippen molar-refractivity contribution in [2.75, 3.05) is 7.11 Å². The van der Waals surface area contributed by atoms with E-state index in [4.69, 9.17) is 0 Å². The van der Waals surface area contributed by atoms with Gasteiger partial charge in [0.05, 0.1) is 18.4 Å². The highest BCUT2D eigenvalue weighted by molar-refractivity contribution is 5.92. The third-order valence-electron chi connectivity index (χ3n) is 2.90. The maximum absolute atomic E-state index is 14.0. The molecule has 0 N–H and O–H groups in total. The normalized spacial score (nSPS) is 11.5. The van der Waals surface area contributed by atoms with Crippen LogP contribution in [0, 0.1) is 5.82 Å². The van der Waals surface area contributed by atoms with Crippen LogP contribution in [0.2, 0.25) is 0 Å². The number of methoxy groups -OCH3 is 1. The van der Waals surface area contributed by atoms with Crippen molar-refractivity contribution in [3.8, 4) is 11.3 Å². The molecule has 21 heavy (non-hydrogen) atoms. The lowest BCUT2D eigenvalue weighted by atomic mass is 10.0. The zero-order valence-electron chi connectivity index (χ0n) is 11.0. The minimum Gasteiger partial charge on any atom is -0.465 e. The van der Waals surface area contributed by atoms with E-state index in [1.54, 1.807) is 0 Å². The van der Waals surface area contributed by atoms with E-state index < -0.39 is 29.1 Å². The van der Waals surface area contributed by atoms with E-state index in [1.165, 1.54) is 24.0 Å². The van der Waals surface area contributed by atoms with Crippen molar-refractivity contribution in [2.24, 2.45) is 7.05 Å². The van der Waals surface area contributed by atoms with Crippen LogP contribution in [0.4, 0.5) is 17.6 Å². The Morgan fingerprint density at radius 3 is 2.48 bits per heavy atom. The zero-order valence-corrected chi connectivity index (χ0v) is 11.0. The molecule has 4 nitrogen and oxygen atoms in total. The van der Waals surface area contributed by atoms with Crippen LogP contribution < -0.4 is 0 Å². The van der Waals surface area contributed by atoms with Crippen LogP contribution in [0.25, 0.3) is 11.3 Å². The van der Waals surface area contributed by atoms with E-state index in [2.05, 4.69) is 9.84 Å². The van der Waals surface area contributed by atoms with Crippen molar-refractivity contribution >= 4 is 5.97 Å². The zero-order chi connectivity index (χ0) is 15.8. The van der Waals surface area contributed by atoms with Gasteiger partial charge in [0.15, 0.2) is 0 Å². The van der Waals surface area contributed by atoms with Gasteiger partial charge in [0.1, 0.15) is 11.4 Å². The summed E-state index contributed by atoms with van der Waals surface area (Å²) >= 11 is 0. The second kappa shape index (κ2) is 5.19. The highest BCUT2D eigenvalue weighted by Crippen LogP contribution is 2.36. The lowest BCUT2D eigenvalue weighted by Crippen LogP contribution is -2.16. The number of ether oxygens (including phenoxy) is 1. The number of carbonyl (C=O) groups is 1. The lowest BCUT2D eigenvalue weighted by Gasteiger charge is -2.14.